The fourth-order valence-electron chi connectivity index (χ4n) is 2.91. The third kappa shape index (κ3) is 4.37. The van der Waals surface area contributed by atoms with Gasteiger partial charge >= 0.3 is 17.8 Å². The first-order valence-electron chi connectivity index (χ1n) is 8.71. The molecule has 0 spiro atoms. The predicted octanol–water partition coefficient (Wildman–Crippen LogP) is 1.22. The molecule has 1 atom stereocenters. The molecule has 3 rings (SSSR count). The number of carbonyl (C=O) groups is 4. The number of hydrogen-bond acceptors (Lipinski definition) is 5. The zero-order valence-electron chi connectivity index (χ0n) is 15.0. The van der Waals surface area contributed by atoms with Gasteiger partial charge in [0.25, 0.3) is 5.91 Å². The van der Waals surface area contributed by atoms with E-state index in [-0.39, 0.29) is 13.1 Å². The highest BCUT2D eigenvalue weighted by Crippen LogP contribution is 2.19. The molecule has 2 aromatic rings. The normalized spacial score (nSPS) is 15.4. The molecule has 1 aromatic carbocycles. The molecule has 28 heavy (non-hydrogen) atoms. The second-order valence-corrected chi connectivity index (χ2v) is 7.23. The van der Waals surface area contributed by atoms with Crippen LogP contribution in [-0.4, -0.2) is 53.2 Å². The quantitative estimate of drug-likeness (QED) is 0.736. The number of hydrogen-bond donors (Lipinski definition) is 1. The van der Waals surface area contributed by atoms with Gasteiger partial charge in [0, 0.05) is 24.5 Å². The number of imide groups is 1. The fraction of sp³-hybridized carbons (Fsp3) is 0.263. The molecule has 2 N–H and O–H groups in total. The Balaban J connectivity index is 1.60. The van der Waals surface area contributed by atoms with Crippen molar-refractivity contribution in [2.75, 3.05) is 19.6 Å². The highest BCUT2D eigenvalue weighted by molar-refractivity contribution is 7.10. The number of carbonyl (C=O) groups excluding carboxylic acids is 4. The zero-order valence-corrected chi connectivity index (χ0v) is 15.8. The summed E-state index contributed by atoms with van der Waals surface area (Å²) < 4.78 is 0. The molecule has 0 aliphatic carbocycles. The topological polar surface area (TPSA) is 111 Å². The molecule has 1 saturated heterocycles. The van der Waals surface area contributed by atoms with Crippen molar-refractivity contribution >= 4 is 35.1 Å². The highest BCUT2D eigenvalue weighted by atomic mass is 32.1. The highest BCUT2D eigenvalue weighted by Gasteiger charge is 2.37. The molecule has 2 heterocycles. The number of rotatable bonds is 6. The smallest absolute Gasteiger partial charge is 0.325 e. The summed E-state index contributed by atoms with van der Waals surface area (Å²) in [6, 6.07) is 10.9. The molecule has 1 aliphatic rings. The van der Waals surface area contributed by atoms with E-state index in [2.05, 4.69) is 5.32 Å². The third-order valence-corrected chi connectivity index (χ3v) is 5.36. The largest absolute Gasteiger partial charge is 0.332 e. The molecule has 145 valence electrons. The summed E-state index contributed by atoms with van der Waals surface area (Å²) >= 11 is 1.22. The van der Waals surface area contributed by atoms with Crippen LogP contribution in [0, 0.1) is 0 Å². The molecule has 8 nitrogen and oxygen atoms in total. The van der Waals surface area contributed by atoms with E-state index in [1.165, 1.54) is 16.2 Å². The number of piperazine rings is 1. The average molecular weight is 399 g/mol. The van der Waals surface area contributed by atoms with Crippen molar-refractivity contribution in [1.82, 2.24) is 20.9 Å². The lowest BCUT2D eigenvalue weighted by Crippen LogP contribution is -2.59. The summed E-state index contributed by atoms with van der Waals surface area (Å²) in [6.07, 6.45) is 0.611. The second kappa shape index (κ2) is 8.66. The lowest BCUT2D eigenvalue weighted by molar-refractivity contribution is -0.153. The summed E-state index contributed by atoms with van der Waals surface area (Å²) in [5.41, 5.74) is 8.40. The van der Waals surface area contributed by atoms with Crippen LogP contribution in [-0.2, 0) is 20.8 Å². The summed E-state index contributed by atoms with van der Waals surface area (Å²) in [7, 11) is 0. The van der Waals surface area contributed by atoms with Crippen molar-refractivity contribution < 1.29 is 19.2 Å². The van der Waals surface area contributed by atoms with Gasteiger partial charge in [0.2, 0.25) is 0 Å². The Bertz CT molecular complexity index is 869. The van der Waals surface area contributed by atoms with E-state index in [0.717, 1.165) is 10.5 Å². The van der Waals surface area contributed by atoms with E-state index in [1.807, 2.05) is 30.3 Å². The van der Waals surface area contributed by atoms with Gasteiger partial charge in [-0.25, -0.2) is 4.79 Å². The lowest BCUT2D eigenvalue weighted by Gasteiger charge is -2.33. The van der Waals surface area contributed by atoms with Crippen molar-refractivity contribution in [1.29, 1.82) is 0 Å². The number of benzene rings is 1. The van der Waals surface area contributed by atoms with Crippen LogP contribution in [0.3, 0.4) is 0 Å². The molecule has 1 aromatic heterocycles. The molecule has 1 radical (unpaired) electrons. The first-order valence-corrected chi connectivity index (χ1v) is 9.59. The number of thiophene rings is 1. The average Bonchev–Trinajstić information content (AvgIpc) is 3.22. The minimum atomic E-state index is -1.16. The summed E-state index contributed by atoms with van der Waals surface area (Å²) in [5.74, 6) is -2.67. The van der Waals surface area contributed by atoms with Crippen molar-refractivity contribution in [2.24, 2.45) is 0 Å². The van der Waals surface area contributed by atoms with Gasteiger partial charge < -0.3 is 10.2 Å². The van der Waals surface area contributed by atoms with E-state index in [1.54, 1.807) is 17.5 Å². The van der Waals surface area contributed by atoms with Crippen molar-refractivity contribution in [2.45, 2.75) is 12.5 Å². The van der Waals surface area contributed by atoms with Gasteiger partial charge in [0.05, 0.1) is 0 Å². The van der Waals surface area contributed by atoms with Gasteiger partial charge in [-0.15, -0.1) is 11.3 Å². The Morgan fingerprint density at radius 1 is 1.07 bits per heavy atom. The molecule has 1 unspecified atom stereocenters. The first-order chi connectivity index (χ1) is 13.5. The van der Waals surface area contributed by atoms with E-state index in [4.69, 9.17) is 5.73 Å². The van der Waals surface area contributed by atoms with E-state index in [9.17, 15) is 19.2 Å². The summed E-state index contributed by atoms with van der Waals surface area (Å²) in [6.45, 7) is 0.644. The Morgan fingerprint density at radius 3 is 2.46 bits per heavy atom. The van der Waals surface area contributed by atoms with Crippen LogP contribution in [0.2, 0.25) is 0 Å². The van der Waals surface area contributed by atoms with Crippen LogP contribution < -0.4 is 11.1 Å². The van der Waals surface area contributed by atoms with Gasteiger partial charge in [-0.2, -0.15) is 0 Å². The van der Waals surface area contributed by atoms with E-state index in [0.29, 0.717) is 17.8 Å². The van der Waals surface area contributed by atoms with E-state index < -0.39 is 29.8 Å². The Hall–Kier alpha value is -3.20. The summed E-state index contributed by atoms with van der Waals surface area (Å²) in [4.78, 5) is 51.4. The Morgan fingerprint density at radius 2 is 1.82 bits per heavy atom. The number of nitrogens with zero attached hydrogens (tertiary/aromatic N) is 2. The molecule has 0 saturated carbocycles. The van der Waals surface area contributed by atoms with Crippen molar-refractivity contribution in [3.05, 3.63) is 58.3 Å². The molecule has 9 heteroatoms. The number of urea groups is 1. The molecule has 1 fully saturated rings. The molecular formula is C19H19N4O4S. The van der Waals surface area contributed by atoms with Gasteiger partial charge in [-0.3, -0.25) is 25.0 Å². The zero-order chi connectivity index (χ0) is 20.1. The maximum atomic E-state index is 12.4. The fourth-order valence-corrected chi connectivity index (χ4v) is 3.69. The minimum absolute atomic E-state index is 0.0363. The van der Waals surface area contributed by atoms with Crippen LogP contribution >= 0.6 is 11.3 Å². The Kier molecular flexibility index (Phi) is 6.05. The number of nitrogens with one attached hydrogen (secondary N) is 2. The van der Waals surface area contributed by atoms with Gasteiger partial charge in [0.1, 0.15) is 6.04 Å². The Labute approximate surface area is 165 Å². The van der Waals surface area contributed by atoms with Gasteiger partial charge in [0.15, 0.2) is 0 Å². The van der Waals surface area contributed by atoms with Gasteiger partial charge in [-0.05, 0) is 23.4 Å². The molecule has 1 aliphatic heterocycles. The number of amides is 5. The maximum absolute atomic E-state index is 12.4. The second-order valence-electron chi connectivity index (χ2n) is 6.25. The van der Waals surface area contributed by atoms with Crippen LogP contribution in [0.5, 0.6) is 0 Å². The maximum Gasteiger partial charge on any atom is 0.325 e. The molecule has 0 bridgehead atoms. The van der Waals surface area contributed by atoms with Crippen LogP contribution in [0.15, 0.2) is 47.8 Å². The lowest BCUT2D eigenvalue weighted by atomic mass is 10.1. The van der Waals surface area contributed by atoms with Crippen molar-refractivity contribution in [3.63, 3.8) is 0 Å². The summed E-state index contributed by atoms with van der Waals surface area (Å²) in [5, 5.41) is 4.10. The standard InChI is InChI=1S/C19H19N4O4S/c20-16(24)15(14-7-4-12-28-14)21-19(27)23-11-10-22(17(25)18(23)26)9-8-13-5-2-1-3-6-13/h1-7,12,15,20H,8-11H2,(H,21,27). The van der Waals surface area contributed by atoms with E-state index >= 15 is 0 Å². The van der Waals surface area contributed by atoms with Crippen LogP contribution in [0.25, 0.3) is 0 Å². The first kappa shape index (κ1) is 19.6. The monoisotopic (exact) mass is 399 g/mol. The van der Waals surface area contributed by atoms with Gasteiger partial charge in [-0.1, -0.05) is 36.4 Å². The molecule has 5 amide bonds. The van der Waals surface area contributed by atoms with Crippen LogP contribution in [0.4, 0.5) is 4.79 Å². The third-order valence-electron chi connectivity index (χ3n) is 4.42. The SMILES string of the molecule is [NH]C(=O)C(NC(=O)N1CCN(CCc2ccccc2)C(=O)C1=O)c1cccs1. The molecular weight excluding hydrogens is 380 g/mol. The van der Waals surface area contributed by atoms with Crippen molar-refractivity contribution in [3.8, 4) is 0 Å². The minimum Gasteiger partial charge on any atom is -0.332 e. The predicted molar refractivity (Wildman–Crippen MR) is 102 cm³/mol. The van der Waals surface area contributed by atoms with Crippen LogP contribution in [0.1, 0.15) is 16.5 Å².